The van der Waals surface area contributed by atoms with Gasteiger partial charge in [0.15, 0.2) is 0 Å². The van der Waals surface area contributed by atoms with E-state index in [-0.39, 0.29) is 11.8 Å². The van der Waals surface area contributed by atoms with Crippen molar-refractivity contribution < 1.29 is 0 Å². The van der Waals surface area contributed by atoms with E-state index in [1.807, 2.05) is 0 Å². The number of benzene rings is 10. The number of para-hydroxylation sites is 1. The third-order valence-electron chi connectivity index (χ3n) is 13.6. The van der Waals surface area contributed by atoms with Gasteiger partial charge in [-0.1, -0.05) is 201 Å². The highest BCUT2D eigenvalue weighted by molar-refractivity contribution is 6.10. The van der Waals surface area contributed by atoms with Crippen LogP contribution in [0.1, 0.15) is 35.4 Å². The van der Waals surface area contributed by atoms with Gasteiger partial charge in [0, 0.05) is 22.4 Å². The molecule has 0 saturated carbocycles. The van der Waals surface area contributed by atoms with Crippen LogP contribution in [0.3, 0.4) is 0 Å². The molecule has 10 aromatic carbocycles. The predicted molar refractivity (Wildman–Crippen MR) is 270 cm³/mol. The van der Waals surface area contributed by atoms with Crippen molar-refractivity contribution in [3.05, 3.63) is 259 Å². The Kier molecular flexibility index (Phi) is 9.27. The SMILES string of the molecule is CC1c2ccc(-c3ccc4c(c3)c3ccccc3n4-c3cc(-c4ccccc4)cc(-c4ccccc4)c3)cc2-c2ccccc2C1c1cc(-c2ccccc2)cc(-c2ccccc2)c1. The van der Waals surface area contributed by atoms with Crippen molar-refractivity contribution >= 4 is 21.8 Å². The molecule has 0 radical (unpaired) electrons. The van der Waals surface area contributed by atoms with Gasteiger partial charge in [-0.2, -0.15) is 0 Å². The molecule has 1 nitrogen and oxygen atoms in total. The van der Waals surface area contributed by atoms with Gasteiger partial charge in [0.25, 0.3) is 0 Å². The van der Waals surface area contributed by atoms with Gasteiger partial charge in [-0.25, -0.2) is 0 Å². The summed E-state index contributed by atoms with van der Waals surface area (Å²) < 4.78 is 2.45. The molecule has 1 heteroatoms. The van der Waals surface area contributed by atoms with Gasteiger partial charge in [-0.3, -0.25) is 0 Å². The minimum Gasteiger partial charge on any atom is -0.309 e. The molecular weight excluding hydrogens is 771 g/mol. The molecule has 1 aliphatic rings. The maximum atomic E-state index is 2.45. The normalized spacial score (nSPS) is 14.3. The molecule has 0 fully saturated rings. The predicted octanol–water partition coefficient (Wildman–Crippen LogP) is 17.0. The van der Waals surface area contributed by atoms with E-state index in [0.717, 1.165) is 5.69 Å². The van der Waals surface area contributed by atoms with E-state index >= 15 is 0 Å². The van der Waals surface area contributed by atoms with Crippen LogP contribution in [-0.2, 0) is 0 Å². The average Bonchev–Trinajstić information content (AvgIpc) is 3.71. The highest BCUT2D eigenvalue weighted by Crippen LogP contribution is 2.51. The highest BCUT2D eigenvalue weighted by Gasteiger charge is 2.33. The Balaban J connectivity index is 0.974. The quantitative estimate of drug-likeness (QED) is 0.151. The summed E-state index contributed by atoms with van der Waals surface area (Å²) in [7, 11) is 0. The molecule has 12 rings (SSSR count). The van der Waals surface area contributed by atoms with Crippen LogP contribution in [0.2, 0.25) is 0 Å². The van der Waals surface area contributed by atoms with Crippen LogP contribution in [0.5, 0.6) is 0 Å². The molecule has 1 aromatic heterocycles. The first-order valence-corrected chi connectivity index (χ1v) is 22.4. The summed E-state index contributed by atoms with van der Waals surface area (Å²) in [4.78, 5) is 0. The zero-order valence-electron chi connectivity index (χ0n) is 35.7. The van der Waals surface area contributed by atoms with Crippen molar-refractivity contribution in [2.45, 2.75) is 18.8 Å². The van der Waals surface area contributed by atoms with Gasteiger partial charge in [-0.15, -0.1) is 0 Å². The average molecular weight is 816 g/mol. The third-order valence-corrected chi connectivity index (χ3v) is 13.6. The molecule has 0 saturated heterocycles. The lowest BCUT2D eigenvalue weighted by Crippen LogP contribution is -2.17. The number of aromatic nitrogens is 1. The molecule has 1 aliphatic carbocycles. The van der Waals surface area contributed by atoms with Crippen molar-refractivity contribution in [2.24, 2.45) is 0 Å². The van der Waals surface area contributed by atoms with Crippen LogP contribution >= 0.6 is 0 Å². The van der Waals surface area contributed by atoms with E-state index in [2.05, 4.69) is 254 Å². The van der Waals surface area contributed by atoms with Crippen LogP contribution in [-0.4, -0.2) is 4.57 Å². The number of fused-ring (bicyclic) bond motifs is 6. The first-order valence-electron chi connectivity index (χ1n) is 22.4. The van der Waals surface area contributed by atoms with E-state index in [4.69, 9.17) is 0 Å². The Hall–Kier alpha value is -8.00. The molecule has 64 heavy (non-hydrogen) atoms. The highest BCUT2D eigenvalue weighted by atomic mass is 15.0. The summed E-state index contributed by atoms with van der Waals surface area (Å²) in [6.07, 6.45) is 0. The summed E-state index contributed by atoms with van der Waals surface area (Å²) in [6, 6.07) is 89.6. The minimum atomic E-state index is 0.200. The molecule has 0 amide bonds. The second kappa shape index (κ2) is 15.7. The molecule has 302 valence electrons. The molecule has 2 unspecified atom stereocenters. The number of hydrogen-bond donors (Lipinski definition) is 0. The van der Waals surface area contributed by atoms with Crippen molar-refractivity contribution in [1.29, 1.82) is 0 Å². The Morgan fingerprint density at radius 3 is 1.36 bits per heavy atom. The van der Waals surface area contributed by atoms with Gasteiger partial charge in [-0.05, 0) is 138 Å². The summed E-state index contributed by atoms with van der Waals surface area (Å²) in [5, 5.41) is 2.50. The standard InChI is InChI=1S/C63H45N/c1-42-55-32-30-47(40-59(55)56-26-14-15-28-58(56)63(42)53-36-49(43-18-6-2-7-19-43)34-50(37-53)44-20-8-3-9-21-44)48-31-33-62-60(41-48)57-27-16-17-29-61(57)64(62)54-38-51(45-22-10-4-11-23-45)35-52(39-54)46-24-12-5-13-25-46/h2-42,63H,1H3. The lowest BCUT2D eigenvalue weighted by atomic mass is 9.69. The second-order valence-corrected chi connectivity index (χ2v) is 17.3. The number of nitrogens with zero attached hydrogens (tertiary/aromatic N) is 1. The fourth-order valence-electron chi connectivity index (χ4n) is 10.5. The fourth-order valence-corrected chi connectivity index (χ4v) is 10.5. The van der Waals surface area contributed by atoms with Crippen LogP contribution < -0.4 is 0 Å². The number of hydrogen-bond acceptors (Lipinski definition) is 0. The molecule has 1 heterocycles. The van der Waals surface area contributed by atoms with Gasteiger partial charge in [0.05, 0.1) is 11.0 Å². The Bertz CT molecular complexity index is 3380. The topological polar surface area (TPSA) is 4.93 Å². The van der Waals surface area contributed by atoms with E-state index in [9.17, 15) is 0 Å². The summed E-state index contributed by atoms with van der Waals surface area (Å²) in [5.41, 5.74) is 22.6. The van der Waals surface area contributed by atoms with Crippen molar-refractivity contribution in [2.75, 3.05) is 0 Å². The van der Waals surface area contributed by atoms with Gasteiger partial charge in [0.1, 0.15) is 0 Å². The maximum Gasteiger partial charge on any atom is 0.0541 e. The van der Waals surface area contributed by atoms with Crippen LogP contribution in [0.4, 0.5) is 0 Å². The largest absolute Gasteiger partial charge is 0.309 e. The summed E-state index contributed by atoms with van der Waals surface area (Å²) in [6.45, 7) is 2.42. The monoisotopic (exact) mass is 815 g/mol. The first-order chi connectivity index (χ1) is 31.6. The van der Waals surface area contributed by atoms with Gasteiger partial charge >= 0.3 is 0 Å². The molecule has 0 spiro atoms. The van der Waals surface area contributed by atoms with E-state index in [1.165, 1.54) is 105 Å². The molecule has 2 atom stereocenters. The first kappa shape index (κ1) is 37.7. The summed E-state index contributed by atoms with van der Waals surface area (Å²) in [5.74, 6) is 0.465. The van der Waals surface area contributed by atoms with E-state index < -0.39 is 0 Å². The summed E-state index contributed by atoms with van der Waals surface area (Å²) >= 11 is 0. The maximum absolute atomic E-state index is 2.45. The molecule has 0 bridgehead atoms. The van der Waals surface area contributed by atoms with Crippen molar-refractivity contribution in [3.63, 3.8) is 0 Å². The van der Waals surface area contributed by atoms with Crippen molar-refractivity contribution in [1.82, 2.24) is 4.57 Å². The molecule has 0 N–H and O–H groups in total. The fraction of sp³-hybridized carbons (Fsp3) is 0.0476. The van der Waals surface area contributed by atoms with E-state index in [0.29, 0.717) is 0 Å². The van der Waals surface area contributed by atoms with E-state index in [1.54, 1.807) is 0 Å². The minimum absolute atomic E-state index is 0.200. The lowest BCUT2D eigenvalue weighted by molar-refractivity contribution is 0.650. The zero-order chi connectivity index (χ0) is 42.6. The van der Waals surface area contributed by atoms with Crippen LogP contribution in [0.25, 0.3) is 94.3 Å². The van der Waals surface area contributed by atoms with Crippen molar-refractivity contribution in [3.8, 4) is 72.4 Å². The Morgan fingerprint density at radius 2 is 0.766 bits per heavy atom. The Labute approximate surface area is 375 Å². The number of rotatable bonds is 7. The Morgan fingerprint density at radius 1 is 0.297 bits per heavy atom. The van der Waals surface area contributed by atoms with Crippen LogP contribution in [0, 0.1) is 0 Å². The molecule has 11 aromatic rings. The smallest absolute Gasteiger partial charge is 0.0541 e. The molecule has 0 aliphatic heterocycles. The zero-order valence-corrected chi connectivity index (χ0v) is 35.7. The third kappa shape index (κ3) is 6.57. The lowest BCUT2D eigenvalue weighted by Gasteiger charge is -2.35. The second-order valence-electron chi connectivity index (χ2n) is 17.3. The molecular formula is C63H45N. The van der Waals surface area contributed by atoms with Gasteiger partial charge < -0.3 is 4.57 Å². The van der Waals surface area contributed by atoms with Gasteiger partial charge in [0.2, 0.25) is 0 Å². The van der Waals surface area contributed by atoms with Crippen LogP contribution in [0.15, 0.2) is 243 Å².